The zero-order chi connectivity index (χ0) is 16.9. The molecule has 3 rings (SSSR count). The molecule has 0 saturated carbocycles. The Kier molecular flexibility index (Phi) is 4.65. The summed E-state index contributed by atoms with van der Waals surface area (Å²) in [6.45, 7) is 2.75. The van der Waals surface area contributed by atoms with Crippen LogP contribution in [0.3, 0.4) is 0 Å². The number of aryl methyl sites for hydroxylation is 1. The first kappa shape index (κ1) is 15.9. The van der Waals surface area contributed by atoms with Gasteiger partial charge in [0.2, 0.25) is 0 Å². The van der Waals surface area contributed by atoms with Crippen LogP contribution in [-0.4, -0.2) is 36.4 Å². The predicted octanol–water partition coefficient (Wildman–Crippen LogP) is 2.69. The highest BCUT2D eigenvalue weighted by molar-refractivity contribution is 6.04. The van der Waals surface area contributed by atoms with Crippen molar-refractivity contribution in [2.75, 3.05) is 20.3 Å². The van der Waals surface area contributed by atoms with Crippen molar-refractivity contribution in [1.82, 2.24) is 15.5 Å². The van der Waals surface area contributed by atoms with E-state index in [1.165, 1.54) is 0 Å². The molecule has 1 heterocycles. The van der Waals surface area contributed by atoms with Crippen LogP contribution in [0, 0.1) is 6.92 Å². The number of nitrogens with one attached hydrogen (secondary N) is 2. The lowest BCUT2D eigenvalue weighted by atomic mass is 10.1. The molecule has 0 aliphatic rings. The summed E-state index contributed by atoms with van der Waals surface area (Å²) in [5, 5.41) is 10.6. The van der Waals surface area contributed by atoms with Crippen molar-refractivity contribution in [3.8, 4) is 11.5 Å². The maximum absolute atomic E-state index is 12.3. The van der Waals surface area contributed by atoms with E-state index in [0.29, 0.717) is 18.8 Å². The quantitative estimate of drug-likeness (QED) is 0.683. The van der Waals surface area contributed by atoms with Crippen molar-refractivity contribution in [3.63, 3.8) is 0 Å². The molecule has 1 aromatic heterocycles. The molecule has 6 nitrogen and oxygen atoms in total. The number of hydrogen-bond acceptors (Lipinski definition) is 4. The lowest BCUT2D eigenvalue weighted by Crippen LogP contribution is -2.28. The van der Waals surface area contributed by atoms with Crippen molar-refractivity contribution in [3.05, 3.63) is 53.7 Å². The molecule has 2 aromatic carbocycles. The number of H-pyrrole nitrogens is 1. The smallest absolute Gasteiger partial charge is 0.272 e. The van der Waals surface area contributed by atoms with Gasteiger partial charge in [-0.25, -0.2) is 0 Å². The number of carbonyl (C=O) groups is 1. The SMILES string of the molecule is COc1ccc(OCCNC(=O)c2n[nH]c3ccc(C)cc23)cc1. The Morgan fingerprint density at radius 1 is 1.17 bits per heavy atom. The van der Waals surface area contributed by atoms with Gasteiger partial charge in [-0.15, -0.1) is 0 Å². The minimum absolute atomic E-state index is 0.217. The summed E-state index contributed by atoms with van der Waals surface area (Å²) >= 11 is 0. The van der Waals surface area contributed by atoms with Crippen LogP contribution in [0.2, 0.25) is 0 Å². The number of benzene rings is 2. The highest BCUT2D eigenvalue weighted by atomic mass is 16.5. The molecule has 2 N–H and O–H groups in total. The average molecular weight is 325 g/mol. The van der Waals surface area contributed by atoms with Crippen molar-refractivity contribution in [1.29, 1.82) is 0 Å². The molecule has 0 aliphatic heterocycles. The number of amides is 1. The second-order valence-electron chi connectivity index (χ2n) is 5.40. The van der Waals surface area contributed by atoms with E-state index in [4.69, 9.17) is 9.47 Å². The molecule has 24 heavy (non-hydrogen) atoms. The molecule has 0 aliphatic carbocycles. The second kappa shape index (κ2) is 7.04. The number of ether oxygens (including phenoxy) is 2. The van der Waals surface area contributed by atoms with Crippen molar-refractivity contribution < 1.29 is 14.3 Å². The predicted molar refractivity (Wildman–Crippen MR) is 91.7 cm³/mol. The van der Waals surface area contributed by atoms with Gasteiger partial charge >= 0.3 is 0 Å². The summed E-state index contributed by atoms with van der Waals surface area (Å²) in [5.74, 6) is 1.28. The van der Waals surface area contributed by atoms with Gasteiger partial charge in [0.15, 0.2) is 5.69 Å². The number of hydrogen-bond donors (Lipinski definition) is 2. The van der Waals surface area contributed by atoms with E-state index < -0.39 is 0 Å². The maximum atomic E-state index is 12.3. The van der Waals surface area contributed by atoms with Crippen molar-refractivity contribution >= 4 is 16.8 Å². The van der Waals surface area contributed by atoms with Gasteiger partial charge < -0.3 is 14.8 Å². The Labute approximate surface area is 139 Å². The number of aromatic amines is 1. The number of rotatable bonds is 6. The molecule has 0 fully saturated rings. The highest BCUT2D eigenvalue weighted by Crippen LogP contribution is 2.18. The first-order valence-corrected chi connectivity index (χ1v) is 7.67. The third kappa shape index (κ3) is 3.48. The second-order valence-corrected chi connectivity index (χ2v) is 5.40. The fraction of sp³-hybridized carbons (Fsp3) is 0.222. The summed E-state index contributed by atoms with van der Waals surface area (Å²) < 4.78 is 10.7. The molecule has 1 amide bonds. The van der Waals surface area contributed by atoms with Crippen molar-refractivity contribution in [2.24, 2.45) is 0 Å². The topological polar surface area (TPSA) is 76.2 Å². The van der Waals surface area contributed by atoms with Gasteiger partial charge in [0.1, 0.15) is 18.1 Å². The molecule has 0 unspecified atom stereocenters. The standard InChI is InChI=1S/C18H19N3O3/c1-12-3-8-16-15(11-12)17(21-20-16)18(22)19-9-10-24-14-6-4-13(23-2)5-7-14/h3-8,11H,9-10H2,1-2H3,(H,19,22)(H,20,21). The Morgan fingerprint density at radius 2 is 1.92 bits per heavy atom. The molecule has 6 heteroatoms. The van der Waals surface area contributed by atoms with Crippen LogP contribution in [0.5, 0.6) is 11.5 Å². The minimum atomic E-state index is -0.217. The van der Waals surface area contributed by atoms with E-state index in [1.807, 2.05) is 49.4 Å². The van der Waals surface area contributed by atoms with E-state index in [-0.39, 0.29) is 5.91 Å². The third-order valence-electron chi connectivity index (χ3n) is 3.65. The molecular weight excluding hydrogens is 306 g/mol. The van der Waals surface area contributed by atoms with Gasteiger partial charge in [-0.05, 0) is 43.3 Å². The zero-order valence-electron chi connectivity index (χ0n) is 13.6. The van der Waals surface area contributed by atoms with Crippen molar-refractivity contribution in [2.45, 2.75) is 6.92 Å². The average Bonchev–Trinajstić information content (AvgIpc) is 3.02. The molecule has 0 spiro atoms. The van der Waals surface area contributed by atoms with Gasteiger partial charge in [0, 0.05) is 5.39 Å². The Hall–Kier alpha value is -3.02. The van der Waals surface area contributed by atoms with Gasteiger partial charge in [-0.3, -0.25) is 9.89 Å². The maximum Gasteiger partial charge on any atom is 0.272 e. The monoisotopic (exact) mass is 325 g/mol. The molecule has 3 aromatic rings. The molecular formula is C18H19N3O3. The number of methoxy groups -OCH3 is 1. The van der Waals surface area contributed by atoms with Crippen LogP contribution >= 0.6 is 0 Å². The fourth-order valence-electron chi connectivity index (χ4n) is 2.39. The minimum Gasteiger partial charge on any atom is -0.497 e. The third-order valence-corrected chi connectivity index (χ3v) is 3.65. The number of carbonyl (C=O) groups excluding carboxylic acids is 1. The van der Waals surface area contributed by atoms with E-state index in [2.05, 4.69) is 15.5 Å². The van der Waals surface area contributed by atoms with Crippen LogP contribution in [0.4, 0.5) is 0 Å². The van der Waals surface area contributed by atoms with Crippen LogP contribution in [0.25, 0.3) is 10.9 Å². The zero-order valence-corrected chi connectivity index (χ0v) is 13.6. The number of aromatic nitrogens is 2. The Bertz CT molecular complexity index is 840. The Balaban J connectivity index is 1.54. The largest absolute Gasteiger partial charge is 0.497 e. The van der Waals surface area contributed by atoms with Crippen LogP contribution in [0.15, 0.2) is 42.5 Å². The van der Waals surface area contributed by atoms with E-state index >= 15 is 0 Å². The van der Waals surface area contributed by atoms with Gasteiger partial charge in [0.25, 0.3) is 5.91 Å². The van der Waals surface area contributed by atoms with Gasteiger partial charge in [-0.2, -0.15) is 5.10 Å². The molecule has 0 radical (unpaired) electrons. The summed E-state index contributed by atoms with van der Waals surface area (Å²) in [6, 6.07) is 13.1. The van der Waals surface area contributed by atoms with E-state index in [1.54, 1.807) is 7.11 Å². The molecule has 0 atom stereocenters. The molecule has 0 saturated heterocycles. The van der Waals surface area contributed by atoms with Crippen LogP contribution in [0.1, 0.15) is 16.1 Å². The van der Waals surface area contributed by atoms with Crippen LogP contribution in [-0.2, 0) is 0 Å². The fourth-order valence-corrected chi connectivity index (χ4v) is 2.39. The first-order chi connectivity index (χ1) is 11.7. The summed E-state index contributed by atoms with van der Waals surface area (Å²) in [5.41, 5.74) is 2.33. The van der Waals surface area contributed by atoms with Gasteiger partial charge in [0.05, 0.1) is 19.2 Å². The summed E-state index contributed by atoms with van der Waals surface area (Å²) in [6.07, 6.45) is 0. The lowest BCUT2D eigenvalue weighted by molar-refractivity contribution is 0.0943. The summed E-state index contributed by atoms with van der Waals surface area (Å²) in [4.78, 5) is 12.3. The molecule has 124 valence electrons. The lowest BCUT2D eigenvalue weighted by Gasteiger charge is -2.08. The van der Waals surface area contributed by atoms with E-state index in [0.717, 1.165) is 28.0 Å². The normalized spacial score (nSPS) is 10.6. The van der Waals surface area contributed by atoms with Crippen LogP contribution < -0.4 is 14.8 Å². The number of fused-ring (bicyclic) bond motifs is 1. The molecule has 0 bridgehead atoms. The van der Waals surface area contributed by atoms with E-state index in [9.17, 15) is 4.79 Å². The Morgan fingerprint density at radius 3 is 2.67 bits per heavy atom. The first-order valence-electron chi connectivity index (χ1n) is 7.67. The number of nitrogens with zero attached hydrogens (tertiary/aromatic N) is 1. The highest BCUT2D eigenvalue weighted by Gasteiger charge is 2.13. The van der Waals surface area contributed by atoms with Gasteiger partial charge in [-0.1, -0.05) is 11.6 Å². The summed E-state index contributed by atoms with van der Waals surface area (Å²) in [7, 11) is 1.62.